The van der Waals surface area contributed by atoms with Gasteiger partial charge in [0.25, 0.3) is 5.79 Å². The summed E-state index contributed by atoms with van der Waals surface area (Å²) in [6.45, 7) is 14.2. The highest BCUT2D eigenvalue weighted by molar-refractivity contribution is 6.30. The van der Waals surface area contributed by atoms with E-state index in [2.05, 4.69) is 61.4 Å². The molecule has 254 valence electrons. The number of imidazole rings is 1. The fourth-order valence-electron chi connectivity index (χ4n) is 7.32. The standard InChI is InChI=1S/C38H43ClFN3O5/c1-36(2)37(3,4)48-35(47-36)24-9-12-31-30(19-24)41-33(43(31)21-26-15-18-44-26)22-42-16-13-23(14-17-42)27-7-6-8-32-34(27)46-38(5,45-32)28-11-10-25(39)20-29(28)40/h6-12,19-20,23,26,35H,13-18,21-22H2,1-5H3/t26-,38?/m0/s1. The van der Waals surface area contributed by atoms with Gasteiger partial charge in [0.05, 0.1) is 47.0 Å². The van der Waals surface area contributed by atoms with Crippen LogP contribution in [0.3, 0.4) is 0 Å². The van der Waals surface area contributed by atoms with Gasteiger partial charge >= 0.3 is 0 Å². The van der Waals surface area contributed by atoms with Crippen molar-refractivity contribution in [3.8, 4) is 11.5 Å². The molecule has 2 atom stereocenters. The lowest BCUT2D eigenvalue weighted by molar-refractivity contribution is -0.0895. The molecule has 4 aromatic rings. The van der Waals surface area contributed by atoms with E-state index >= 15 is 0 Å². The predicted molar refractivity (Wildman–Crippen MR) is 181 cm³/mol. The fourth-order valence-corrected chi connectivity index (χ4v) is 7.48. The van der Waals surface area contributed by atoms with E-state index in [1.54, 1.807) is 19.1 Å². The van der Waals surface area contributed by atoms with Gasteiger partial charge in [0.1, 0.15) is 11.6 Å². The molecule has 0 spiro atoms. The first kappa shape index (κ1) is 32.0. The molecule has 0 bridgehead atoms. The topological polar surface area (TPSA) is 67.2 Å². The third-order valence-corrected chi connectivity index (χ3v) is 11.2. The van der Waals surface area contributed by atoms with E-state index in [4.69, 9.17) is 40.3 Å². The molecule has 4 aliphatic heterocycles. The minimum absolute atomic E-state index is 0.212. The number of aromatic nitrogens is 2. The highest BCUT2D eigenvalue weighted by Gasteiger charge is 2.49. The van der Waals surface area contributed by atoms with Gasteiger partial charge in [-0.25, -0.2) is 9.37 Å². The van der Waals surface area contributed by atoms with Crippen molar-refractivity contribution in [2.24, 2.45) is 0 Å². The van der Waals surface area contributed by atoms with Gasteiger partial charge < -0.3 is 28.3 Å². The van der Waals surface area contributed by atoms with Gasteiger partial charge in [0.15, 0.2) is 17.8 Å². The summed E-state index contributed by atoms with van der Waals surface area (Å²) in [6, 6.07) is 17.0. The Kier molecular flexibility index (Phi) is 7.80. The molecule has 0 N–H and O–H groups in total. The average molecular weight is 676 g/mol. The van der Waals surface area contributed by atoms with Crippen LogP contribution in [0.5, 0.6) is 11.5 Å². The first-order valence-corrected chi connectivity index (χ1v) is 17.4. The predicted octanol–water partition coefficient (Wildman–Crippen LogP) is 8.24. The van der Waals surface area contributed by atoms with Crippen LogP contribution in [0.25, 0.3) is 11.0 Å². The molecule has 3 aromatic carbocycles. The zero-order chi connectivity index (χ0) is 33.4. The van der Waals surface area contributed by atoms with E-state index in [0.717, 1.165) is 80.0 Å². The number of benzene rings is 3. The Morgan fingerprint density at radius 1 is 0.917 bits per heavy atom. The number of hydrogen-bond acceptors (Lipinski definition) is 7. The van der Waals surface area contributed by atoms with E-state index in [0.29, 0.717) is 28.0 Å². The normalized spacial score (nSPS) is 25.5. The number of ether oxygens (including phenoxy) is 5. The van der Waals surface area contributed by atoms with Crippen molar-refractivity contribution in [1.82, 2.24) is 14.5 Å². The number of para-hydroxylation sites is 1. The molecule has 0 aliphatic carbocycles. The van der Waals surface area contributed by atoms with Crippen molar-refractivity contribution in [2.45, 2.75) is 102 Å². The summed E-state index contributed by atoms with van der Waals surface area (Å²) in [4.78, 5) is 7.67. The van der Waals surface area contributed by atoms with Gasteiger partial charge in [0.2, 0.25) is 0 Å². The molecular weight excluding hydrogens is 633 g/mol. The Balaban J connectivity index is 0.991. The van der Waals surface area contributed by atoms with Gasteiger partial charge in [0, 0.05) is 29.7 Å². The number of hydrogen-bond donors (Lipinski definition) is 0. The third-order valence-electron chi connectivity index (χ3n) is 11.0. The molecule has 3 saturated heterocycles. The number of halogens is 2. The number of likely N-dealkylation sites (tertiary alicyclic amines) is 1. The van der Waals surface area contributed by atoms with Gasteiger partial charge in [-0.2, -0.15) is 0 Å². The Labute approximate surface area is 286 Å². The summed E-state index contributed by atoms with van der Waals surface area (Å²) in [6.07, 6.45) is 2.77. The Morgan fingerprint density at radius 3 is 2.35 bits per heavy atom. The lowest BCUT2D eigenvalue weighted by atomic mass is 9.88. The van der Waals surface area contributed by atoms with Crippen LogP contribution in [-0.4, -0.2) is 51.5 Å². The highest BCUT2D eigenvalue weighted by Crippen LogP contribution is 2.50. The van der Waals surface area contributed by atoms with Crippen molar-refractivity contribution >= 4 is 22.6 Å². The molecule has 10 heteroatoms. The van der Waals surface area contributed by atoms with E-state index in [9.17, 15) is 4.39 Å². The molecule has 8 nitrogen and oxygen atoms in total. The Morgan fingerprint density at radius 2 is 1.67 bits per heavy atom. The van der Waals surface area contributed by atoms with Crippen LogP contribution < -0.4 is 9.47 Å². The van der Waals surface area contributed by atoms with Crippen molar-refractivity contribution in [2.75, 3.05) is 19.7 Å². The molecule has 5 heterocycles. The summed E-state index contributed by atoms with van der Waals surface area (Å²) >= 11 is 6.01. The fraction of sp³-hybridized carbons (Fsp3) is 0.500. The number of piperidine rings is 1. The lowest BCUT2D eigenvalue weighted by Gasteiger charge is -2.33. The first-order valence-electron chi connectivity index (χ1n) is 17.0. The van der Waals surface area contributed by atoms with E-state index in [1.807, 2.05) is 12.1 Å². The Hall–Kier alpha value is -3.21. The summed E-state index contributed by atoms with van der Waals surface area (Å²) in [5, 5.41) is 0.334. The molecule has 0 amide bonds. The zero-order valence-electron chi connectivity index (χ0n) is 28.2. The minimum atomic E-state index is -1.26. The molecule has 0 saturated carbocycles. The van der Waals surface area contributed by atoms with Gasteiger partial charge in [-0.05, 0) is 102 Å². The maximum atomic E-state index is 14.9. The SMILES string of the molecule is CC1(c2ccc(Cl)cc2F)Oc2cccc(C3CCN(Cc4nc5cc(C6OC(C)(C)C(C)(C)O6)ccc5n4C[C@@H]4CCO4)CC3)c2O1. The maximum Gasteiger partial charge on any atom is 0.278 e. The van der Waals surface area contributed by atoms with E-state index < -0.39 is 29.1 Å². The van der Waals surface area contributed by atoms with Crippen molar-refractivity contribution < 1.29 is 28.1 Å². The van der Waals surface area contributed by atoms with Gasteiger partial charge in [-0.1, -0.05) is 29.8 Å². The largest absolute Gasteiger partial charge is 0.444 e. The van der Waals surface area contributed by atoms with Gasteiger partial charge in [-0.3, -0.25) is 4.90 Å². The number of fused-ring (bicyclic) bond motifs is 2. The zero-order valence-corrected chi connectivity index (χ0v) is 29.0. The van der Waals surface area contributed by atoms with E-state index in [1.165, 1.54) is 6.07 Å². The molecule has 8 rings (SSSR count). The average Bonchev–Trinajstić information content (AvgIpc) is 3.61. The number of nitrogens with zero attached hydrogens (tertiary/aromatic N) is 3. The summed E-state index contributed by atoms with van der Waals surface area (Å²) in [5.74, 6) is 0.961. The first-order chi connectivity index (χ1) is 22.9. The molecule has 3 fully saturated rings. The molecule has 1 unspecified atom stereocenters. The van der Waals surface area contributed by atoms with Crippen LogP contribution in [0.4, 0.5) is 4.39 Å². The quantitative estimate of drug-likeness (QED) is 0.195. The van der Waals surface area contributed by atoms with Gasteiger partial charge in [-0.15, -0.1) is 0 Å². The van der Waals surface area contributed by atoms with Crippen LogP contribution >= 0.6 is 11.6 Å². The molecule has 0 radical (unpaired) electrons. The summed E-state index contributed by atoms with van der Waals surface area (Å²) in [7, 11) is 0. The van der Waals surface area contributed by atoms with Crippen LogP contribution in [0, 0.1) is 5.82 Å². The van der Waals surface area contributed by atoms with E-state index in [-0.39, 0.29) is 6.10 Å². The van der Waals surface area contributed by atoms with Crippen LogP contribution in [0.15, 0.2) is 54.6 Å². The van der Waals surface area contributed by atoms with Crippen LogP contribution in [-0.2, 0) is 33.1 Å². The Bertz CT molecular complexity index is 1850. The monoisotopic (exact) mass is 675 g/mol. The van der Waals surface area contributed by atoms with Crippen LogP contribution in [0.2, 0.25) is 5.02 Å². The summed E-state index contributed by atoms with van der Waals surface area (Å²) < 4.78 is 48.4. The highest BCUT2D eigenvalue weighted by atomic mass is 35.5. The number of rotatable bonds is 7. The van der Waals surface area contributed by atoms with Crippen LogP contribution in [0.1, 0.15) is 88.6 Å². The molecular formula is C38H43ClFN3O5. The molecule has 48 heavy (non-hydrogen) atoms. The minimum Gasteiger partial charge on any atom is -0.444 e. The second-order valence-electron chi connectivity index (χ2n) is 14.8. The molecule has 4 aliphatic rings. The third kappa shape index (κ3) is 5.57. The lowest BCUT2D eigenvalue weighted by Crippen LogP contribution is -2.41. The van der Waals surface area contributed by atoms with Crippen molar-refractivity contribution in [3.63, 3.8) is 0 Å². The summed E-state index contributed by atoms with van der Waals surface area (Å²) in [5.41, 5.74) is 3.65. The van der Waals surface area contributed by atoms with Crippen molar-refractivity contribution in [3.05, 3.63) is 88.0 Å². The van der Waals surface area contributed by atoms with Crippen molar-refractivity contribution in [1.29, 1.82) is 0 Å². The molecule has 1 aromatic heterocycles. The second kappa shape index (κ2) is 11.7. The second-order valence-corrected chi connectivity index (χ2v) is 15.2. The smallest absolute Gasteiger partial charge is 0.278 e. The maximum absolute atomic E-state index is 14.9.